The first-order valence-corrected chi connectivity index (χ1v) is 6.91. The maximum absolute atomic E-state index is 5.96. The molecule has 1 aromatic carbocycles. The maximum Gasteiger partial charge on any atom is 0.150 e. The first-order chi connectivity index (χ1) is 8.85. The number of methoxy groups -OCH3 is 1. The van der Waals surface area contributed by atoms with Gasteiger partial charge in [0.05, 0.1) is 7.11 Å². The molecule has 1 atom stereocenters. The highest BCUT2D eigenvalue weighted by atomic mass is 16.5. The molecule has 1 aromatic rings. The minimum atomic E-state index is 0.154. The molecule has 0 aliphatic carbocycles. The van der Waals surface area contributed by atoms with Crippen LogP contribution in [-0.4, -0.2) is 19.9 Å². The summed E-state index contributed by atoms with van der Waals surface area (Å²) >= 11 is 0. The number of benzene rings is 1. The van der Waals surface area contributed by atoms with Crippen LogP contribution >= 0.6 is 0 Å². The molecule has 0 spiro atoms. The van der Waals surface area contributed by atoms with E-state index in [-0.39, 0.29) is 6.23 Å². The Morgan fingerprint density at radius 2 is 2.28 bits per heavy atom. The standard InChI is InChI=1S/C15H23NO2/c1-3-4-5-11-16-15-10-9-12-13(17-2)7-6-8-14(12)18-15/h6-8,15-16H,3-5,9-11H2,1-2H3. The first kappa shape index (κ1) is 13.2. The summed E-state index contributed by atoms with van der Waals surface area (Å²) in [5.41, 5.74) is 1.20. The van der Waals surface area contributed by atoms with Gasteiger partial charge in [-0.1, -0.05) is 25.8 Å². The average Bonchev–Trinajstić information content (AvgIpc) is 2.42. The van der Waals surface area contributed by atoms with Crippen molar-refractivity contribution in [2.24, 2.45) is 0 Å². The van der Waals surface area contributed by atoms with Crippen LogP contribution in [0.2, 0.25) is 0 Å². The lowest BCUT2D eigenvalue weighted by Gasteiger charge is -2.27. The van der Waals surface area contributed by atoms with Crippen molar-refractivity contribution in [2.45, 2.75) is 45.3 Å². The minimum Gasteiger partial charge on any atom is -0.496 e. The van der Waals surface area contributed by atoms with E-state index in [1.54, 1.807) is 7.11 Å². The van der Waals surface area contributed by atoms with Crippen LogP contribution in [0.3, 0.4) is 0 Å². The van der Waals surface area contributed by atoms with Gasteiger partial charge in [0.15, 0.2) is 6.23 Å². The van der Waals surface area contributed by atoms with E-state index in [9.17, 15) is 0 Å². The quantitative estimate of drug-likeness (QED) is 0.786. The molecule has 0 saturated carbocycles. The fraction of sp³-hybridized carbons (Fsp3) is 0.600. The van der Waals surface area contributed by atoms with Crippen LogP contribution in [0.4, 0.5) is 0 Å². The summed E-state index contributed by atoms with van der Waals surface area (Å²) in [4.78, 5) is 0. The third-order valence-corrected chi connectivity index (χ3v) is 3.39. The van der Waals surface area contributed by atoms with Gasteiger partial charge in [0.25, 0.3) is 0 Å². The molecule has 1 unspecified atom stereocenters. The van der Waals surface area contributed by atoms with Crippen molar-refractivity contribution in [2.75, 3.05) is 13.7 Å². The molecule has 2 rings (SSSR count). The third-order valence-electron chi connectivity index (χ3n) is 3.39. The van der Waals surface area contributed by atoms with Crippen molar-refractivity contribution in [3.8, 4) is 11.5 Å². The molecule has 3 heteroatoms. The number of nitrogens with one attached hydrogen (secondary N) is 1. The zero-order chi connectivity index (χ0) is 12.8. The van der Waals surface area contributed by atoms with Crippen molar-refractivity contribution in [3.05, 3.63) is 23.8 Å². The second kappa shape index (κ2) is 6.64. The highest BCUT2D eigenvalue weighted by Crippen LogP contribution is 2.33. The van der Waals surface area contributed by atoms with Crippen molar-refractivity contribution < 1.29 is 9.47 Å². The predicted molar refractivity (Wildman–Crippen MR) is 73.3 cm³/mol. The Morgan fingerprint density at radius 3 is 3.06 bits per heavy atom. The van der Waals surface area contributed by atoms with Crippen LogP contribution in [0, 0.1) is 0 Å². The molecule has 0 aromatic heterocycles. The molecule has 0 amide bonds. The summed E-state index contributed by atoms with van der Waals surface area (Å²) in [6.45, 7) is 3.26. The molecule has 18 heavy (non-hydrogen) atoms. The zero-order valence-electron chi connectivity index (χ0n) is 11.4. The lowest BCUT2D eigenvalue weighted by atomic mass is 10.0. The predicted octanol–water partition coefficient (Wildman–Crippen LogP) is 3.13. The molecule has 1 aliphatic heterocycles. The number of rotatable bonds is 6. The summed E-state index contributed by atoms with van der Waals surface area (Å²) < 4.78 is 11.3. The monoisotopic (exact) mass is 249 g/mol. The van der Waals surface area contributed by atoms with Crippen LogP contribution in [0.15, 0.2) is 18.2 Å². The van der Waals surface area contributed by atoms with E-state index in [4.69, 9.17) is 9.47 Å². The SMILES string of the molecule is CCCCCNC1CCc2c(OC)cccc2O1. The van der Waals surface area contributed by atoms with Gasteiger partial charge >= 0.3 is 0 Å². The van der Waals surface area contributed by atoms with Gasteiger partial charge in [-0.15, -0.1) is 0 Å². The average molecular weight is 249 g/mol. The Balaban J connectivity index is 1.90. The van der Waals surface area contributed by atoms with Crippen LogP contribution in [0.5, 0.6) is 11.5 Å². The van der Waals surface area contributed by atoms with Gasteiger partial charge in [0, 0.05) is 12.0 Å². The molecule has 0 fully saturated rings. The molecule has 1 heterocycles. The summed E-state index contributed by atoms with van der Waals surface area (Å²) in [5, 5.41) is 3.47. The van der Waals surface area contributed by atoms with Crippen molar-refractivity contribution in [3.63, 3.8) is 0 Å². The lowest BCUT2D eigenvalue weighted by molar-refractivity contribution is 0.136. The number of fused-ring (bicyclic) bond motifs is 1. The smallest absolute Gasteiger partial charge is 0.150 e. The second-order valence-electron chi connectivity index (χ2n) is 4.74. The fourth-order valence-electron chi connectivity index (χ4n) is 2.36. The van der Waals surface area contributed by atoms with E-state index < -0.39 is 0 Å². The van der Waals surface area contributed by atoms with Gasteiger partial charge in [0.2, 0.25) is 0 Å². The molecule has 0 bridgehead atoms. The van der Waals surface area contributed by atoms with E-state index in [1.807, 2.05) is 18.2 Å². The van der Waals surface area contributed by atoms with Crippen LogP contribution in [-0.2, 0) is 6.42 Å². The Labute approximate surface area is 109 Å². The fourth-order valence-corrected chi connectivity index (χ4v) is 2.36. The van der Waals surface area contributed by atoms with Gasteiger partial charge in [-0.2, -0.15) is 0 Å². The lowest BCUT2D eigenvalue weighted by Crippen LogP contribution is -2.38. The normalized spacial score (nSPS) is 18.0. The molecule has 0 saturated heterocycles. The highest BCUT2D eigenvalue weighted by Gasteiger charge is 2.21. The molecule has 0 radical (unpaired) electrons. The van der Waals surface area contributed by atoms with Crippen molar-refractivity contribution in [1.82, 2.24) is 5.32 Å². The second-order valence-corrected chi connectivity index (χ2v) is 4.74. The summed E-state index contributed by atoms with van der Waals surface area (Å²) in [5.74, 6) is 1.91. The van der Waals surface area contributed by atoms with E-state index in [0.717, 1.165) is 30.9 Å². The van der Waals surface area contributed by atoms with E-state index in [0.29, 0.717) is 0 Å². The van der Waals surface area contributed by atoms with Crippen LogP contribution < -0.4 is 14.8 Å². The number of ether oxygens (including phenoxy) is 2. The van der Waals surface area contributed by atoms with Gasteiger partial charge in [-0.3, -0.25) is 5.32 Å². The molecule has 1 aliphatic rings. The molecular weight excluding hydrogens is 226 g/mol. The van der Waals surface area contributed by atoms with Gasteiger partial charge in [-0.25, -0.2) is 0 Å². The van der Waals surface area contributed by atoms with Crippen LogP contribution in [0.25, 0.3) is 0 Å². The van der Waals surface area contributed by atoms with E-state index in [2.05, 4.69) is 12.2 Å². The van der Waals surface area contributed by atoms with Crippen molar-refractivity contribution >= 4 is 0 Å². The third kappa shape index (κ3) is 3.16. The number of hydrogen-bond acceptors (Lipinski definition) is 3. The Hall–Kier alpha value is -1.22. The Kier molecular flexibility index (Phi) is 4.88. The summed E-state index contributed by atoms with van der Waals surface area (Å²) in [6.07, 6.45) is 5.95. The van der Waals surface area contributed by atoms with E-state index in [1.165, 1.54) is 24.8 Å². The summed E-state index contributed by atoms with van der Waals surface area (Å²) in [6, 6.07) is 6.01. The Morgan fingerprint density at radius 1 is 1.39 bits per heavy atom. The maximum atomic E-state index is 5.96. The minimum absolute atomic E-state index is 0.154. The largest absolute Gasteiger partial charge is 0.496 e. The molecule has 1 N–H and O–H groups in total. The highest BCUT2D eigenvalue weighted by molar-refractivity contribution is 5.45. The number of hydrogen-bond donors (Lipinski definition) is 1. The van der Waals surface area contributed by atoms with Gasteiger partial charge in [0.1, 0.15) is 11.5 Å². The first-order valence-electron chi connectivity index (χ1n) is 6.91. The molecule has 100 valence electrons. The molecular formula is C15H23NO2. The topological polar surface area (TPSA) is 30.5 Å². The zero-order valence-corrected chi connectivity index (χ0v) is 11.4. The molecule has 3 nitrogen and oxygen atoms in total. The summed E-state index contributed by atoms with van der Waals surface area (Å²) in [7, 11) is 1.71. The van der Waals surface area contributed by atoms with Crippen molar-refractivity contribution in [1.29, 1.82) is 0 Å². The van der Waals surface area contributed by atoms with E-state index >= 15 is 0 Å². The van der Waals surface area contributed by atoms with Gasteiger partial charge < -0.3 is 9.47 Å². The van der Waals surface area contributed by atoms with Gasteiger partial charge in [-0.05, 0) is 31.5 Å². The number of unbranched alkanes of at least 4 members (excludes halogenated alkanes) is 2. The van der Waals surface area contributed by atoms with Crippen LogP contribution in [0.1, 0.15) is 38.2 Å². The Bertz CT molecular complexity index is 379.